The van der Waals surface area contributed by atoms with E-state index in [2.05, 4.69) is 12.2 Å². The summed E-state index contributed by atoms with van der Waals surface area (Å²) >= 11 is 0. The zero-order chi connectivity index (χ0) is 11.4. The first-order chi connectivity index (χ1) is 7.81. The van der Waals surface area contributed by atoms with E-state index in [0.717, 1.165) is 24.4 Å². The van der Waals surface area contributed by atoms with Crippen LogP contribution in [0.2, 0.25) is 0 Å². The zero-order valence-electron chi connectivity index (χ0n) is 10.8. The number of nitrogens with one attached hydrogen (secondary N) is 1. The number of hydrogen-bond donors (Lipinski definition) is 2. The highest BCUT2D eigenvalue weighted by molar-refractivity contribution is 4.91. The minimum atomic E-state index is 0.403. The first kappa shape index (κ1) is 12.4. The Kier molecular flexibility index (Phi) is 4.66. The molecule has 3 unspecified atom stereocenters. The van der Waals surface area contributed by atoms with E-state index in [1.807, 2.05) is 0 Å². The molecule has 3 atom stereocenters. The Bertz CT molecular complexity index is 194. The minimum absolute atomic E-state index is 0.403. The van der Waals surface area contributed by atoms with Gasteiger partial charge in [-0.25, -0.2) is 0 Å². The number of nitrogens with two attached hydrogens (primary N) is 1. The van der Waals surface area contributed by atoms with Crippen LogP contribution in [0, 0.1) is 11.8 Å². The summed E-state index contributed by atoms with van der Waals surface area (Å²) in [5.41, 5.74) is 6.13. The molecule has 0 radical (unpaired) electrons. The van der Waals surface area contributed by atoms with Crippen LogP contribution in [0.15, 0.2) is 0 Å². The molecular weight excluding hydrogens is 196 g/mol. The van der Waals surface area contributed by atoms with Crippen molar-refractivity contribution in [3.63, 3.8) is 0 Å². The Morgan fingerprint density at radius 1 is 1.19 bits per heavy atom. The zero-order valence-corrected chi connectivity index (χ0v) is 10.8. The summed E-state index contributed by atoms with van der Waals surface area (Å²) in [5, 5.41) is 3.69. The lowest BCUT2D eigenvalue weighted by Crippen LogP contribution is -2.52. The van der Waals surface area contributed by atoms with Gasteiger partial charge in [0, 0.05) is 18.6 Å². The van der Waals surface area contributed by atoms with Crippen LogP contribution in [0.5, 0.6) is 0 Å². The van der Waals surface area contributed by atoms with Crippen molar-refractivity contribution >= 4 is 0 Å². The third-order valence-electron chi connectivity index (χ3n) is 4.59. The molecule has 0 aromatic rings. The standard InChI is InChI=1S/C14H28N2/c1-2-6-14-13(9-12(15)10-16-14)11-7-4-3-5-8-11/h11-14,16H,2-10,15H2,1H3. The fourth-order valence-corrected chi connectivity index (χ4v) is 3.76. The first-order valence-corrected chi connectivity index (χ1v) is 7.30. The molecular formula is C14H28N2. The highest BCUT2D eigenvalue weighted by Crippen LogP contribution is 2.36. The molecule has 1 heterocycles. The van der Waals surface area contributed by atoms with Crippen LogP contribution in [0.25, 0.3) is 0 Å². The summed E-state index contributed by atoms with van der Waals surface area (Å²) in [6.45, 7) is 3.34. The first-order valence-electron chi connectivity index (χ1n) is 7.30. The molecule has 2 fully saturated rings. The van der Waals surface area contributed by atoms with Gasteiger partial charge in [0.2, 0.25) is 0 Å². The van der Waals surface area contributed by atoms with Crippen LogP contribution >= 0.6 is 0 Å². The molecule has 16 heavy (non-hydrogen) atoms. The van der Waals surface area contributed by atoms with Crippen molar-refractivity contribution in [2.24, 2.45) is 17.6 Å². The third kappa shape index (κ3) is 2.98. The molecule has 0 bridgehead atoms. The highest BCUT2D eigenvalue weighted by atomic mass is 15.0. The van der Waals surface area contributed by atoms with E-state index >= 15 is 0 Å². The molecule has 2 nitrogen and oxygen atoms in total. The molecule has 2 heteroatoms. The van der Waals surface area contributed by atoms with Gasteiger partial charge in [-0.05, 0) is 24.7 Å². The summed E-state index contributed by atoms with van der Waals surface area (Å²) in [6.07, 6.45) is 11.2. The van der Waals surface area contributed by atoms with Gasteiger partial charge in [-0.15, -0.1) is 0 Å². The second-order valence-corrected chi connectivity index (χ2v) is 5.86. The molecule has 0 spiro atoms. The van der Waals surface area contributed by atoms with Crippen LogP contribution in [0.3, 0.4) is 0 Å². The summed E-state index contributed by atoms with van der Waals surface area (Å²) in [5.74, 6) is 1.83. The number of rotatable bonds is 3. The lowest BCUT2D eigenvalue weighted by Gasteiger charge is -2.41. The molecule has 94 valence electrons. The van der Waals surface area contributed by atoms with Crippen molar-refractivity contribution in [3.8, 4) is 0 Å². The number of hydrogen-bond acceptors (Lipinski definition) is 2. The van der Waals surface area contributed by atoms with Crippen molar-refractivity contribution < 1.29 is 0 Å². The maximum absolute atomic E-state index is 6.13. The Balaban J connectivity index is 1.95. The van der Waals surface area contributed by atoms with Gasteiger partial charge in [0.25, 0.3) is 0 Å². The van der Waals surface area contributed by atoms with Crippen LogP contribution in [-0.4, -0.2) is 18.6 Å². The summed E-state index contributed by atoms with van der Waals surface area (Å²) in [7, 11) is 0. The Morgan fingerprint density at radius 3 is 2.62 bits per heavy atom. The quantitative estimate of drug-likeness (QED) is 0.773. The maximum Gasteiger partial charge on any atom is 0.0168 e. The van der Waals surface area contributed by atoms with E-state index < -0.39 is 0 Å². The molecule has 1 saturated carbocycles. The molecule has 2 aliphatic rings. The second-order valence-electron chi connectivity index (χ2n) is 5.86. The molecule has 2 rings (SSSR count). The van der Waals surface area contributed by atoms with Crippen molar-refractivity contribution in [2.45, 2.75) is 70.4 Å². The van der Waals surface area contributed by atoms with Crippen LogP contribution in [0.4, 0.5) is 0 Å². The van der Waals surface area contributed by atoms with Crippen molar-refractivity contribution in [1.29, 1.82) is 0 Å². The van der Waals surface area contributed by atoms with Crippen LogP contribution in [0.1, 0.15) is 58.3 Å². The predicted molar refractivity (Wildman–Crippen MR) is 69.4 cm³/mol. The van der Waals surface area contributed by atoms with E-state index in [-0.39, 0.29) is 0 Å². The lowest BCUT2D eigenvalue weighted by atomic mass is 9.71. The Hall–Kier alpha value is -0.0800. The average molecular weight is 224 g/mol. The molecule has 1 saturated heterocycles. The average Bonchev–Trinajstić information content (AvgIpc) is 2.33. The maximum atomic E-state index is 6.13. The van der Waals surface area contributed by atoms with E-state index in [4.69, 9.17) is 5.73 Å². The number of piperidine rings is 1. The largest absolute Gasteiger partial charge is 0.327 e. The van der Waals surface area contributed by atoms with Gasteiger partial charge in [-0.1, -0.05) is 45.4 Å². The monoisotopic (exact) mass is 224 g/mol. The topological polar surface area (TPSA) is 38.0 Å². The van der Waals surface area contributed by atoms with Gasteiger partial charge in [0.1, 0.15) is 0 Å². The van der Waals surface area contributed by atoms with Crippen LogP contribution in [-0.2, 0) is 0 Å². The highest BCUT2D eigenvalue weighted by Gasteiger charge is 2.34. The van der Waals surface area contributed by atoms with E-state index in [1.54, 1.807) is 0 Å². The van der Waals surface area contributed by atoms with E-state index in [0.29, 0.717) is 6.04 Å². The molecule has 0 amide bonds. The van der Waals surface area contributed by atoms with E-state index in [9.17, 15) is 0 Å². The minimum Gasteiger partial charge on any atom is -0.327 e. The molecule has 0 aromatic carbocycles. The van der Waals surface area contributed by atoms with Gasteiger partial charge in [0.15, 0.2) is 0 Å². The predicted octanol–water partition coefficient (Wildman–Crippen LogP) is 2.67. The third-order valence-corrected chi connectivity index (χ3v) is 4.59. The van der Waals surface area contributed by atoms with Crippen LogP contribution < -0.4 is 11.1 Å². The molecule has 1 aliphatic carbocycles. The fourth-order valence-electron chi connectivity index (χ4n) is 3.76. The fraction of sp³-hybridized carbons (Fsp3) is 1.00. The Labute approximate surface area is 100 Å². The van der Waals surface area contributed by atoms with Gasteiger partial charge >= 0.3 is 0 Å². The molecule has 0 aromatic heterocycles. The smallest absolute Gasteiger partial charge is 0.0168 e. The summed E-state index contributed by atoms with van der Waals surface area (Å²) < 4.78 is 0. The summed E-state index contributed by atoms with van der Waals surface area (Å²) in [6, 6.07) is 1.16. The van der Waals surface area contributed by atoms with E-state index in [1.165, 1.54) is 51.4 Å². The van der Waals surface area contributed by atoms with Gasteiger partial charge in [0.05, 0.1) is 0 Å². The lowest BCUT2D eigenvalue weighted by molar-refractivity contribution is 0.141. The molecule has 3 N–H and O–H groups in total. The van der Waals surface area contributed by atoms with Gasteiger partial charge in [-0.3, -0.25) is 0 Å². The normalized spacial score (nSPS) is 37.5. The van der Waals surface area contributed by atoms with Crippen molar-refractivity contribution in [1.82, 2.24) is 5.32 Å². The Morgan fingerprint density at radius 2 is 1.94 bits per heavy atom. The van der Waals surface area contributed by atoms with Crippen molar-refractivity contribution in [2.75, 3.05) is 6.54 Å². The van der Waals surface area contributed by atoms with Crippen molar-refractivity contribution in [3.05, 3.63) is 0 Å². The second kappa shape index (κ2) is 6.02. The molecule has 1 aliphatic heterocycles. The SMILES string of the molecule is CCCC1NCC(N)CC1C1CCCCC1. The summed E-state index contributed by atoms with van der Waals surface area (Å²) in [4.78, 5) is 0. The van der Waals surface area contributed by atoms with Gasteiger partial charge < -0.3 is 11.1 Å². The van der Waals surface area contributed by atoms with Gasteiger partial charge in [-0.2, -0.15) is 0 Å².